The summed E-state index contributed by atoms with van der Waals surface area (Å²) in [5.74, 6) is 6.74. The Labute approximate surface area is 187 Å². The van der Waals surface area contributed by atoms with Crippen LogP contribution in [0.5, 0.6) is 0 Å². The molecule has 1 spiro atoms. The van der Waals surface area contributed by atoms with Gasteiger partial charge in [0.1, 0.15) is 0 Å². The summed E-state index contributed by atoms with van der Waals surface area (Å²) in [4.78, 5) is 15.0. The minimum absolute atomic E-state index is 0.211. The average molecular weight is 418 g/mol. The van der Waals surface area contributed by atoms with Gasteiger partial charge in [0.2, 0.25) is 0 Å². The lowest BCUT2D eigenvalue weighted by atomic mass is 9.77. The molecule has 3 atom stereocenters. The molecule has 0 amide bonds. The summed E-state index contributed by atoms with van der Waals surface area (Å²) in [5.41, 5.74) is 2.51. The summed E-state index contributed by atoms with van der Waals surface area (Å²) >= 11 is 0. The Morgan fingerprint density at radius 3 is 2.69 bits per heavy atom. The van der Waals surface area contributed by atoms with Crippen molar-refractivity contribution in [3.05, 3.63) is 83.5 Å². The summed E-state index contributed by atoms with van der Waals surface area (Å²) < 4.78 is 6.04. The number of piperidine rings is 1. The Morgan fingerprint density at radius 1 is 0.969 bits per heavy atom. The van der Waals surface area contributed by atoms with Crippen LogP contribution in [0.4, 0.5) is 0 Å². The minimum Gasteiger partial charge on any atom is -0.449 e. The molecule has 1 aliphatic carbocycles. The van der Waals surface area contributed by atoms with E-state index >= 15 is 0 Å². The van der Waals surface area contributed by atoms with Crippen molar-refractivity contribution in [1.29, 1.82) is 0 Å². The topological polar surface area (TPSA) is 29.5 Å². The molecule has 32 heavy (non-hydrogen) atoms. The third-order valence-corrected chi connectivity index (χ3v) is 7.77. The van der Waals surface area contributed by atoms with Crippen LogP contribution in [0.3, 0.4) is 0 Å². The predicted octanol–water partition coefficient (Wildman–Crippen LogP) is 5.13. The molecule has 156 valence electrons. The first-order valence-electron chi connectivity index (χ1n) is 11.6. The van der Waals surface area contributed by atoms with E-state index in [0.717, 1.165) is 41.5 Å². The molecule has 3 aromatic carbocycles. The van der Waals surface area contributed by atoms with E-state index in [9.17, 15) is 4.79 Å². The van der Waals surface area contributed by atoms with Crippen LogP contribution in [0.2, 0.25) is 0 Å². The van der Waals surface area contributed by atoms with Crippen molar-refractivity contribution in [2.24, 2.45) is 0 Å². The summed E-state index contributed by atoms with van der Waals surface area (Å²) in [6.45, 7) is 1.08. The highest BCUT2D eigenvalue weighted by atomic mass is 16.6. The van der Waals surface area contributed by atoms with Gasteiger partial charge >= 0.3 is 5.97 Å². The molecule has 0 N–H and O–H groups in total. The maximum Gasteiger partial charge on any atom is 0.332 e. The zero-order valence-electron chi connectivity index (χ0n) is 17.8. The van der Waals surface area contributed by atoms with Gasteiger partial charge in [-0.15, -0.1) is 0 Å². The number of esters is 1. The number of hydrogen-bond donors (Lipinski definition) is 0. The van der Waals surface area contributed by atoms with E-state index in [1.54, 1.807) is 6.08 Å². The number of rotatable bonds is 0. The van der Waals surface area contributed by atoms with Crippen LogP contribution in [-0.2, 0) is 9.53 Å². The SMILES string of the molecule is O=C1C=C2C(C#Cc3cc4ccccc4c4ccccc34)=C[C@@H]3C[C@@]2(O1)C1CCCCN13. The summed E-state index contributed by atoms with van der Waals surface area (Å²) in [7, 11) is 0. The Kier molecular flexibility index (Phi) is 3.75. The Morgan fingerprint density at radius 2 is 1.78 bits per heavy atom. The lowest BCUT2D eigenvalue weighted by molar-refractivity contribution is -0.148. The molecule has 0 saturated carbocycles. The molecular formula is C29H23NO2. The van der Waals surface area contributed by atoms with Crippen molar-refractivity contribution in [2.45, 2.75) is 43.4 Å². The van der Waals surface area contributed by atoms with Gasteiger partial charge in [-0.05, 0) is 47.0 Å². The van der Waals surface area contributed by atoms with E-state index in [1.165, 1.54) is 29.0 Å². The average Bonchev–Trinajstić information content (AvgIpc) is 3.31. The highest BCUT2D eigenvalue weighted by molar-refractivity contribution is 6.10. The molecule has 3 nitrogen and oxygen atoms in total. The van der Waals surface area contributed by atoms with Crippen molar-refractivity contribution in [2.75, 3.05) is 6.54 Å². The normalized spacial score (nSPS) is 28.4. The zero-order chi connectivity index (χ0) is 21.3. The van der Waals surface area contributed by atoms with Gasteiger partial charge in [-0.1, -0.05) is 72.9 Å². The van der Waals surface area contributed by atoms with Crippen molar-refractivity contribution < 1.29 is 9.53 Å². The smallest absolute Gasteiger partial charge is 0.332 e. The molecule has 3 heteroatoms. The first-order valence-corrected chi connectivity index (χ1v) is 11.6. The Bertz CT molecular complexity index is 1440. The number of carbonyl (C=O) groups excluding carboxylic acids is 1. The fourth-order valence-corrected chi connectivity index (χ4v) is 6.46. The molecule has 0 aromatic heterocycles. The maximum absolute atomic E-state index is 12.4. The van der Waals surface area contributed by atoms with Crippen molar-refractivity contribution in [1.82, 2.24) is 4.90 Å². The molecule has 7 rings (SSSR count). The highest BCUT2D eigenvalue weighted by Crippen LogP contribution is 2.53. The molecule has 0 radical (unpaired) electrons. The van der Waals surface area contributed by atoms with Crippen LogP contribution < -0.4 is 0 Å². The number of fused-ring (bicyclic) bond motifs is 6. The minimum atomic E-state index is -0.494. The summed E-state index contributed by atoms with van der Waals surface area (Å²) in [6, 6.07) is 19.7. The molecule has 3 heterocycles. The van der Waals surface area contributed by atoms with E-state index in [0.29, 0.717) is 6.04 Å². The molecule has 2 saturated heterocycles. The van der Waals surface area contributed by atoms with Crippen LogP contribution in [0.25, 0.3) is 21.5 Å². The molecule has 4 aliphatic rings. The second kappa shape index (κ2) is 6.58. The second-order valence-electron chi connectivity index (χ2n) is 9.41. The zero-order valence-corrected chi connectivity index (χ0v) is 17.8. The fraction of sp³-hybridized carbons (Fsp3) is 0.276. The van der Waals surface area contributed by atoms with Gasteiger partial charge < -0.3 is 4.74 Å². The van der Waals surface area contributed by atoms with E-state index in [1.807, 2.05) is 0 Å². The second-order valence-corrected chi connectivity index (χ2v) is 9.41. The number of carbonyl (C=O) groups is 1. The fourth-order valence-electron chi connectivity index (χ4n) is 6.46. The van der Waals surface area contributed by atoms with Gasteiger partial charge in [0.05, 0.1) is 6.04 Å². The van der Waals surface area contributed by atoms with Crippen LogP contribution in [-0.4, -0.2) is 35.1 Å². The van der Waals surface area contributed by atoms with Gasteiger partial charge in [0.25, 0.3) is 0 Å². The maximum atomic E-state index is 12.4. The van der Waals surface area contributed by atoms with E-state index in [4.69, 9.17) is 4.74 Å². The lowest BCUT2D eigenvalue weighted by Crippen LogP contribution is -2.48. The van der Waals surface area contributed by atoms with Crippen molar-refractivity contribution >= 4 is 27.5 Å². The third kappa shape index (κ3) is 2.45. The van der Waals surface area contributed by atoms with Gasteiger partial charge in [0, 0.05) is 35.2 Å². The monoisotopic (exact) mass is 417 g/mol. The summed E-state index contributed by atoms with van der Waals surface area (Å²) in [5, 5.41) is 4.83. The van der Waals surface area contributed by atoms with Gasteiger partial charge in [-0.3, -0.25) is 4.90 Å². The van der Waals surface area contributed by atoms with Crippen molar-refractivity contribution in [3.8, 4) is 11.8 Å². The van der Waals surface area contributed by atoms with Crippen molar-refractivity contribution in [3.63, 3.8) is 0 Å². The Balaban J connectivity index is 1.38. The third-order valence-electron chi connectivity index (χ3n) is 7.77. The largest absolute Gasteiger partial charge is 0.449 e. The first-order chi connectivity index (χ1) is 15.7. The quantitative estimate of drug-likeness (QED) is 0.288. The predicted molar refractivity (Wildman–Crippen MR) is 126 cm³/mol. The molecule has 1 unspecified atom stereocenters. The van der Waals surface area contributed by atoms with Gasteiger partial charge in [0.15, 0.2) is 5.60 Å². The number of nitrogens with zero attached hydrogens (tertiary/aromatic N) is 1. The molecular weight excluding hydrogens is 394 g/mol. The first kappa shape index (κ1) is 18.2. The highest BCUT2D eigenvalue weighted by Gasteiger charge is 2.61. The van der Waals surface area contributed by atoms with Crippen LogP contribution in [0, 0.1) is 11.8 Å². The van der Waals surface area contributed by atoms with E-state index in [2.05, 4.69) is 77.4 Å². The summed E-state index contributed by atoms with van der Waals surface area (Å²) in [6.07, 6.45) is 8.36. The standard InChI is InChI=1S/C29H23NO2/c31-28-17-26-21(16-22-18-29(26,32-28)27-11-5-6-14-30(22)27)13-12-20-15-19-7-1-2-8-23(19)25-10-4-3-9-24(20)25/h1-4,7-10,15-17,22,27H,5-6,11,14,18H2/t22-,27?,29+/m1/s1. The van der Waals surface area contributed by atoms with Crippen LogP contribution in [0.1, 0.15) is 31.2 Å². The van der Waals surface area contributed by atoms with Crippen LogP contribution >= 0.6 is 0 Å². The van der Waals surface area contributed by atoms with E-state index in [-0.39, 0.29) is 12.0 Å². The number of hydrogen-bond acceptors (Lipinski definition) is 3. The molecule has 3 aromatic rings. The lowest BCUT2D eigenvalue weighted by Gasteiger charge is -2.38. The Hall–Kier alpha value is -3.35. The number of benzene rings is 3. The van der Waals surface area contributed by atoms with E-state index < -0.39 is 5.60 Å². The van der Waals surface area contributed by atoms with Gasteiger partial charge in [-0.2, -0.15) is 0 Å². The molecule has 2 fully saturated rings. The van der Waals surface area contributed by atoms with Crippen LogP contribution in [0.15, 0.2) is 77.9 Å². The number of ether oxygens (including phenoxy) is 1. The molecule has 2 bridgehead atoms. The van der Waals surface area contributed by atoms with Gasteiger partial charge in [-0.25, -0.2) is 4.79 Å². The molecule has 3 aliphatic heterocycles.